The largest absolute Gasteiger partial charge is 0.480 e. The summed E-state index contributed by atoms with van der Waals surface area (Å²) in [6.07, 6.45) is 2.59. The van der Waals surface area contributed by atoms with E-state index in [-0.39, 0.29) is 17.4 Å². The average Bonchev–Trinajstić information content (AvgIpc) is 3.28. The van der Waals surface area contributed by atoms with E-state index in [1.165, 1.54) is 12.4 Å². The molecule has 0 aliphatic heterocycles. The van der Waals surface area contributed by atoms with Crippen molar-refractivity contribution in [2.75, 3.05) is 5.32 Å². The first-order valence-corrected chi connectivity index (χ1v) is 9.22. The fourth-order valence-corrected chi connectivity index (χ4v) is 2.97. The first-order chi connectivity index (χ1) is 15.0. The number of carboxylic acid groups (broad SMARTS) is 1. The molecule has 31 heavy (non-hydrogen) atoms. The van der Waals surface area contributed by atoms with Crippen LogP contribution in [-0.2, 0) is 11.3 Å². The molecule has 2 aromatic heterocycles. The minimum atomic E-state index is -1.22. The third-order valence-electron chi connectivity index (χ3n) is 4.38. The lowest BCUT2D eigenvalue weighted by atomic mass is 10.2. The Kier molecular flexibility index (Phi) is 5.39. The van der Waals surface area contributed by atoms with Crippen LogP contribution in [0.4, 0.5) is 5.69 Å². The van der Waals surface area contributed by atoms with Gasteiger partial charge in [-0.15, -0.1) is 0 Å². The Bertz CT molecular complexity index is 1300. The Labute approximate surface area is 175 Å². The fraction of sp³-hybridized carbons (Fsp3) is 0.0455. The van der Waals surface area contributed by atoms with Crippen LogP contribution in [0.15, 0.2) is 82.3 Å². The predicted molar refractivity (Wildman–Crippen MR) is 111 cm³/mol. The molecule has 0 aliphatic rings. The zero-order valence-corrected chi connectivity index (χ0v) is 16.1. The second-order valence-electron chi connectivity index (χ2n) is 6.50. The number of rotatable bonds is 6. The first-order valence-electron chi connectivity index (χ1n) is 9.22. The highest BCUT2D eigenvalue weighted by molar-refractivity contribution is 6.01. The fourth-order valence-electron chi connectivity index (χ4n) is 2.97. The molecule has 9 nitrogen and oxygen atoms in total. The van der Waals surface area contributed by atoms with Crippen LogP contribution in [0.2, 0.25) is 0 Å². The lowest BCUT2D eigenvalue weighted by Crippen LogP contribution is -2.30. The molecule has 4 rings (SSSR count). The summed E-state index contributed by atoms with van der Waals surface area (Å²) in [6.45, 7) is -0.614. The van der Waals surface area contributed by atoms with Crippen molar-refractivity contribution in [3.63, 3.8) is 0 Å². The van der Waals surface area contributed by atoms with Crippen molar-refractivity contribution in [3.8, 4) is 22.7 Å². The summed E-state index contributed by atoms with van der Waals surface area (Å²) < 4.78 is 6.47. The van der Waals surface area contributed by atoms with E-state index < -0.39 is 24.0 Å². The Hall–Kier alpha value is -4.53. The van der Waals surface area contributed by atoms with E-state index in [0.29, 0.717) is 11.3 Å². The molecule has 0 saturated heterocycles. The van der Waals surface area contributed by atoms with Gasteiger partial charge in [-0.05, 0) is 0 Å². The topological polar surface area (TPSA) is 127 Å². The maximum absolute atomic E-state index is 12.9. The van der Waals surface area contributed by atoms with Gasteiger partial charge in [0.15, 0.2) is 5.76 Å². The SMILES string of the molecule is O=C(O)Cn1c(-c2ccccc2)ncc(NC(=O)c2ncc(-c3ccccc3)o2)c1=O. The number of hydrogen-bond acceptors (Lipinski definition) is 6. The van der Waals surface area contributed by atoms with Crippen LogP contribution in [0.5, 0.6) is 0 Å². The summed E-state index contributed by atoms with van der Waals surface area (Å²) >= 11 is 0. The van der Waals surface area contributed by atoms with E-state index in [1.807, 2.05) is 18.2 Å². The number of benzene rings is 2. The van der Waals surface area contributed by atoms with E-state index in [4.69, 9.17) is 4.42 Å². The van der Waals surface area contributed by atoms with Gasteiger partial charge in [-0.1, -0.05) is 60.7 Å². The van der Waals surface area contributed by atoms with Gasteiger partial charge in [-0.2, -0.15) is 0 Å². The highest BCUT2D eigenvalue weighted by Crippen LogP contribution is 2.20. The highest BCUT2D eigenvalue weighted by Gasteiger charge is 2.19. The van der Waals surface area contributed by atoms with Crippen molar-refractivity contribution in [1.29, 1.82) is 0 Å². The number of nitrogens with zero attached hydrogens (tertiary/aromatic N) is 3. The van der Waals surface area contributed by atoms with Crippen LogP contribution < -0.4 is 10.9 Å². The molecular weight excluding hydrogens is 400 g/mol. The molecule has 2 heterocycles. The van der Waals surface area contributed by atoms with Crippen molar-refractivity contribution >= 4 is 17.6 Å². The van der Waals surface area contributed by atoms with Crippen LogP contribution in [0.1, 0.15) is 10.7 Å². The number of amides is 1. The van der Waals surface area contributed by atoms with E-state index in [1.54, 1.807) is 42.5 Å². The van der Waals surface area contributed by atoms with Gasteiger partial charge in [0.05, 0.1) is 12.4 Å². The van der Waals surface area contributed by atoms with E-state index in [0.717, 1.165) is 10.1 Å². The lowest BCUT2D eigenvalue weighted by molar-refractivity contribution is -0.137. The zero-order chi connectivity index (χ0) is 21.8. The van der Waals surface area contributed by atoms with Crippen molar-refractivity contribution < 1.29 is 19.1 Å². The molecule has 0 unspecified atom stereocenters. The normalized spacial score (nSPS) is 10.6. The van der Waals surface area contributed by atoms with E-state index in [2.05, 4.69) is 15.3 Å². The van der Waals surface area contributed by atoms with Gasteiger partial charge in [-0.3, -0.25) is 19.0 Å². The van der Waals surface area contributed by atoms with Gasteiger partial charge < -0.3 is 14.8 Å². The molecule has 0 fully saturated rings. The lowest BCUT2D eigenvalue weighted by Gasteiger charge is -2.12. The van der Waals surface area contributed by atoms with Crippen molar-refractivity contribution in [2.24, 2.45) is 0 Å². The Morgan fingerprint density at radius 3 is 2.23 bits per heavy atom. The molecule has 4 aromatic rings. The number of aliphatic carboxylic acids is 1. The molecule has 2 aromatic carbocycles. The third kappa shape index (κ3) is 4.25. The monoisotopic (exact) mass is 416 g/mol. The number of hydrogen-bond donors (Lipinski definition) is 2. The molecule has 154 valence electrons. The quantitative estimate of drug-likeness (QED) is 0.495. The van der Waals surface area contributed by atoms with Crippen molar-refractivity contribution in [1.82, 2.24) is 14.5 Å². The van der Waals surface area contributed by atoms with Crippen molar-refractivity contribution in [2.45, 2.75) is 6.54 Å². The zero-order valence-electron chi connectivity index (χ0n) is 16.1. The molecule has 2 N–H and O–H groups in total. The van der Waals surface area contributed by atoms with Crippen LogP contribution in [0, 0.1) is 0 Å². The second kappa shape index (κ2) is 8.46. The highest BCUT2D eigenvalue weighted by atomic mass is 16.4. The average molecular weight is 416 g/mol. The number of oxazole rings is 1. The van der Waals surface area contributed by atoms with Crippen molar-refractivity contribution in [3.05, 3.63) is 89.3 Å². The summed E-state index contributed by atoms with van der Waals surface area (Å²) in [4.78, 5) is 44.9. The van der Waals surface area contributed by atoms with Crippen LogP contribution >= 0.6 is 0 Å². The molecule has 0 atom stereocenters. The van der Waals surface area contributed by atoms with Gasteiger partial charge in [0, 0.05) is 11.1 Å². The molecule has 1 amide bonds. The summed E-state index contributed by atoms with van der Waals surface area (Å²) in [5.41, 5.74) is 0.413. The number of carbonyl (C=O) groups excluding carboxylic acids is 1. The number of carboxylic acids is 1. The van der Waals surface area contributed by atoms with Gasteiger partial charge in [0.1, 0.15) is 18.1 Å². The Balaban J connectivity index is 1.64. The van der Waals surface area contributed by atoms with Gasteiger partial charge in [0.2, 0.25) is 0 Å². The number of nitrogens with one attached hydrogen (secondary N) is 1. The molecule has 0 saturated carbocycles. The number of aromatic nitrogens is 3. The number of anilines is 1. The van der Waals surface area contributed by atoms with Crippen LogP contribution in [-0.4, -0.2) is 31.5 Å². The molecule has 9 heteroatoms. The summed E-state index contributed by atoms with van der Waals surface area (Å²) in [6, 6.07) is 17.8. The summed E-state index contributed by atoms with van der Waals surface area (Å²) in [5, 5.41) is 11.6. The number of carbonyl (C=O) groups is 2. The van der Waals surface area contributed by atoms with Crippen LogP contribution in [0.3, 0.4) is 0 Å². The third-order valence-corrected chi connectivity index (χ3v) is 4.38. The summed E-state index contributed by atoms with van der Waals surface area (Å²) in [5.74, 6) is -1.64. The first kappa shape index (κ1) is 19.8. The van der Waals surface area contributed by atoms with E-state index in [9.17, 15) is 19.5 Å². The predicted octanol–water partition coefficient (Wildman–Crippen LogP) is 2.90. The summed E-state index contributed by atoms with van der Waals surface area (Å²) in [7, 11) is 0. The molecular formula is C22H16N4O5. The maximum atomic E-state index is 12.9. The van der Waals surface area contributed by atoms with Gasteiger partial charge >= 0.3 is 11.9 Å². The van der Waals surface area contributed by atoms with Gasteiger partial charge in [0.25, 0.3) is 11.4 Å². The van der Waals surface area contributed by atoms with Gasteiger partial charge in [-0.25, -0.2) is 9.97 Å². The standard InChI is InChI=1S/C22H16N4O5/c27-18(28)13-26-19(15-9-5-2-6-10-15)23-11-16(22(26)30)25-20(29)21-24-12-17(31-21)14-7-3-1-4-8-14/h1-12H,13H2,(H,25,29)(H,27,28). The van der Waals surface area contributed by atoms with E-state index >= 15 is 0 Å². The minimum Gasteiger partial charge on any atom is -0.480 e. The maximum Gasteiger partial charge on any atom is 0.323 e. The molecule has 0 aliphatic carbocycles. The second-order valence-corrected chi connectivity index (χ2v) is 6.50. The molecule has 0 radical (unpaired) electrons. The molecule has 0 spiro atoms. The Morgan fingerprint density at radius 1 is 0.935 bits per heavy atom. The minimum absolute atomic E-state index is 0.175. The molecule has 0 bridgehead atoms. The van der Waals surface area contributed by atoms with Crippen LogP contribution in [0.25, 0.3) is 22.7 Å². The Morgan fingerprint density at radius 2 is 1.58 bits per heavy atom. The smallest absolute Gasteiger partial charge is 0.323 e.